The fourth-order valence-electron chi connectivity index (χ4n) is 2.83. The first-order chi connectivity index (χ1) is 11.6. The van der Waals surface area contributed by atoms with Gasteiger partial charge in [0.25, 0.3) is 0 Å². The molecule has 1 atom stereocenters. The van der Waals surface area contributed by atoms with Gasteiger partial charge in [-0.05, 0) is 53.5 Å². The number of rotatable bonds is 5. The van der Waals surface area contributed by atoms with Crippen molar-refractivity contribution in [3.8, 4) is 17.2 Å². The Labute approximate surface area is 144 Å². The molecule has 24 heavy (non-hydrogen) atoms. The number of nitrogens with two attached hydrogens (primary N) is 1. The number of benzene rings is 1. The highest BCUT2D eigenvalue weighted by molar-refractivity contribution is 7.10. The van der Waals surface area contributed by atoms with E-state index < -0.39 is 5.54 Å². The van der Waals surface area contributed by atoms with Gasteiger partial charge in [0.05, 0.1) is 11.6 Å². The molecule has 0 spiro atoms. The maximum atomic E-state index is 12.0. The minimum atomic E-state index is -0.820. The van der Waals surface area contributed by atoms with Crippen LogP contribution in [0.2, 0.25) is 0 Å². The fourth-order valence-corrected chi connectivity index (χ4v) is 3.94. The van der Waals surface area contributed by atoms with Crippen molar-refractivity contribution < 1.29 is 4.79 Å². The van der Waals surface area contributed by atoms with Crippen LogP contribution in [-0.4, -0.2) is 19.3 Å². The lowest BCUT2D eigenvalue weighted by molar-refractivity contribution is -0.113. The van der Waals surface area contributed by atoms with E-state index in [1.54, 1.807) is 13.1 Å². The Morgan fingerprint density at radius 2 is 2.25 bits per heavy atom. The summed E-state index contributed by atoms with van der Waals surface area (Å²) < 4.78 is 0. The third-order valence-corrected chi connectivity index (χ3v) is 5.40. The summed E-state index contributed by atoms with van der Waals surface area (Å²) in [6.45, 7) is 0. The van der Waals surface area contributed by atoms with Gasteiger partial charge in [-0.1, -0.05) is 12.1 Å². The molecule has 1 aliphatic carbocycles. The van der Waals surface area contributed by atoms with Crippen LogP contribution >= 0.6 is 11.3 Å². The number of carbonyl (C=O) groups is 1. The largest absolute Gasteiger partial charge is 0.370 e. The Balaban J connectivity index is 2.00. The van der Waals surface area contributed by atoms with Gasteiger partial charge in [-0.2, -0.15) is 5.26 Å². The number of nitriles is 1. The molecule has 0 saturated heterocycles. The fraction of sp³-hybridized carbons (Fsp3) is 0.278. The molecule has 3 rings (SSSR count). The highest BCUT2D eigenvalue weighted by atomic mass is 32.1. The second-order valence-electron chi connectivity index (χ2n) is 5.89. The highest BCUT2D eigenvalue weighted by Crippen LogP contribution is 2.47. The molecule has 1 saturated carbocycles. The monoisotopic (exact) mass is 338 g/mol. The van der Waals surface area contributed by atoms with Crippen LogP contribution in [-0.2, 0) is 10.3 Å². The van der Waals surface area contributed by atoms with E-state index in [1.165, 1.54) is 11.3 Å². The van der Waals surface area contributed by atoms with Crippen molar-refractivity contribution in [2.45, 2.75) is 18.4 Å². The summed E-state index contributed by atoms with van der Waals surface area (Å²) in [6.07, 6.45) is 2.92. The van der Waals surface area contributed by atoms with Gasteiger partial charge in [-0.25, -0.2) is 0 Å². The minimum Gasteiger partial charge on any atom is -0.370 e. The van der Waals surface area contributed by atoms with Gasteiger partial charge < -0.3 is 15.8 Å². The number of guanidine groups is 1. The van der Waals surface area contributed by atoms with Gasteiger partial charge in [0.2, 0.25) is 0 Å². The molecule has 1 aromatic heterocycles. The van der Waals surface area contributed by atoms with Gasteiger partial charge in [0, 0.05) is 11.9 Å². The number of aldehydes is 1. The summed E-state index contributed by atoms with van der Waals surface area (Å²) in [5.41, 5.74) is 7.59. The van der Waals surface area contributed by atoms with Crippen LogP contribution in [0.3, 0.4) is 0 Å². The number of hydrogen-bond donors (Lipinski definition) is 2. The molecule has 5 nitrogen and oxygen atoms in total. The molecule has 2 aromatic rings. The van der Waals surface area contributed by atoms with Crippen LogP contribution in [0, 0.1) is 17.2 Å². The van der Waals surface area contributed by atoms with Crippen molar-refractivity contribution >= 4 is 23.6 Å². The van der Waals surface area contributed by atoms with Crippen LogP contribution in [0.5, 0.6) is 0 Å². The van der Waals surface area contributed by atoms with Crippen molar-refractivity contribution in [1.82, 2.24) is 5.32 Å². The summed E-state index contributed by atoms with van der Waals surface area (Å²) in [7, 11) is 1.60. The Kier molecular flexibility index (Phi) is 4.36. The molecular formula is C18H18N4OS. The standard InChI is InChI=1S/C18H18N4OS/c1-21-17(20)22-18(11-23,15-5-6-15)16-8-14(10-24-16)13-4-2-3-12(7-13)9-19/h2-4,7-8,10-11,15H,5-6H2,1H3,(H3,20,21,22). The van der Waals surface area contributed by atoms with Gasteiger partial charge in [-0.15, -0.1) is 11.3 Å². The number of nitrogens with zero attached hydrogens (tertiary/aromatic N) is 2. The van der Waals surface area contributed by atoms with Crippen LogP contribution in [0.15, 0.2) is 40.7 Å². The first-order valence-corrected chi connectivity index (χ1v) is 8.57. The molecule has 1 heterocycles. The molecule has 122 valence electrons. The topological polar surface area (TPSA) is 91.3 Å². The molecule has 3 N–H and O–H groups in total. The van der Waals surface area contributed by atoms with E-state index in [4.69, 9.17) is 11.0 Å². The molecule has 1 unspecified atom stereocenters. The molecular weight excluding hydrogens is 320 g/mol. The van der Waals surface area contributed by atoms with E-state index in [9.17, 15) is 4.79 Å². The molecule has 1 aromatic carbocycles. The van der Waals surface area contributed by atoms with Crippen molar-refractivity contribution in [3.63, 3.8) is 0 Å². The summed E-state index contributed by atoms with van der Waals surface area (Å²) >= 11 is 1.52. The zero-order chi connectivity index (χ0) is 17.2. The molecule has 0 aliphatic heterocycles. The maximum absolute atomic E-state index is 12.0. The smallest absolute Gasteiger partial charge is 0.189 e. The predicted molar refractivity (Wildman–Crippen MR) is 95.6 cm³/mol. The summed E-state index contributed by atoms with van der Waals surface area (Å²) in [4.78, 5) is 16.9. The Morgan fingerprint density at radius 1 is 1.46 bits per heavy atom. The van der Waals surface area contributed by atoms with Crippen molar-refractivity contribution in [2.24, 2.45) is 16.6 Å². The minimum absolute atomic E-state index is 0.229. The summed E-state index contributed by atoms with van der Waals surface area (Å²) in [6, 6.07) is 11.6. The number of hydrogen-bond acceptors (Lipinski definition) is 4. The average Bonchev–Trinajstić information content (AvgIpc) is 3.36. The van der Waals surface area contributed by atoms with E-state index in [2.05, 4.69) is 16.4 Å². The number of thiophene rings is 1. The van der Waals surface area contributed by atoms with Crippen LogP contribution in [0.4, 0.5) is 0 Å². The van der Waals surface area contributed by atoms with E-state index in [-0.39, 0.29) is 11.9 Å². The predicted octanol–water partition coefficient (Wildman–Crippen LogP) is 2.63. The van der Waals surface area contributed by atoms with Crippen LogP contribution < -0.4 is 11.1 Å². The van der Waals surface area contributed by atoms with Crippen LogP contribution in [0.1, 0.15) is 23.3 Å². The van der Waals surface area contributed by atoms with Gasteiger partial charge in [0.1, 0.15) is 5.54 Å². The zero-order valence-corrected chi connectivity index (χ0v) is 14.1. The quantitative estimate of drug-likeness (QED) is 0.498. The zero-order valence-electron chi connectivity index (χ0n) is 13.3. The summed E-state index contributed by atoms with van der Waals surface area (Å²) in [5, 5.41) is 14.2. The normalized spacial score (nSPS) is 16.9. The van der Waals surface area contributed by atoms with E-state index in [0.29, 0.717) is 5.56 Å². The number of carbonyl (C=O) groups excluding carboxylic acids is 1. The van der Waals surface area contributed by atoms with E-state index in [1.807, 2.05) is 29.6 Å². The second-order valence-corrected chi connectivity index (χ2v) is 6.80. The lowest BCUT2D eigenvalue weighted by atomic mass is 9.92. The molecule has 0 radical (unpaired) electrons. The highest BCUT2D eigenvalue weighted by Gasteiger charge is 2.48. The third-order valence-electron chi connectivity index (χ3n) is 4.32. The van der Waals surface area contributed by atoms with E-state index in [0.717, 1.165) is 35.1 Å². The molecule has 1 fully saturated rings. The molecule has 1 aliphatic rings. The summed E-state index contributed by atoms with van der Waals surface area (Å²) in [5.74, 6) is 0.489. The van der Waals surface area contributed by atoms with Gasteiger partial charge in [0.15, 0.2) is 12.2 Å². The Morgan fingerprint density at radius 3 is 2.88 bits per heavy atom. The first-order valence-electron chi connectivity index (χ1n) is 7.69. The SMILES string of the molecule is CN=C(N)NC(C=O)(c1cc(-c2cccc(C#N)c2)cs1)C1CC1. The van der Waals surface area contributed by atoms with Crippen molar-refractivity contribution in [2.75, 3.05) is 7.05 Å². The second kappa shape index (κ2) is 6.46. The average molecular weight is 338 g/mol. The van der Waals surface area contributed by atoms with Gasteiger partial charge >= 0.3 is 0 Å². The number of aliphatic imine (C=N–C) groups is 1. The lowest BCUT2D eigenvalue weighted by Crippen LogP contribution is -2.51. The molecule has 0 bridgehead atoms. The van der Waals surface area contributed by atoms with Crippen molar-refractivity contribution in [1.29, 1.82) is 5.26 Å². The number of nitrogens with one attached hydrogen (secondary N) is 1. The third kappa shape index (κ3) is 2.91. The lowest BCUT2D eigenvalue weighted by Gasteiger charge is -2.28. The van der Waals surface area contributed by atoms with Crippen LogP contribution in [0.25, 0.3) is 11.1 Å². The van der Waals surface area contributed by atoms with Crippen molar-refractivity contribution in [3.05, 3.63) is 46.2 Å². The Hall–Kier alpha value is -2.65. The van der Waals surface area contributed by atoms with E-state index >= 15 is 0 Å². The maximum Gasteiger partial charge on any atom is 0.189 e. The molecule has 6 heteroatoms. The Bertz CT molecular complexity index is 832. The first kappa shape index (κ1) is 16.2. The van der Waals surface area contributed by atoms with Gasteiger partial charge in [-0.3, -0.25) is 4.99 Å². The molecule has 0 amide bonds.